The number of hydrogen-bond donors (Lipinski definition) is 3. The quantitative estimate of drug-likeness (QED) is 0.592. The van der Waals surface area contributed by atoms with E-state index in [0.29, 0.717) is 5.57 Å². The van der Waals surface area contributed by atoms with Crippen molar-refractivity contribution in [3.05, 3.63) is 23.8 Å². The van der Waals surface area contributed by atoms with Crippen LogP contribution < -0.4 is 0 Å². The van der Waals surface area contributed by atoms with Crippen LogP contribution >= 0.6 is 0 Å². The van der Waals surface area contributed by atoms with Crippen LogP contribution in [0.4, 0.5) is 0 Å². The molecule has 1 saturated heterocycles. The molecule has 1 aliphatic heterocycles. The minimum atomic E-state index is -3.63. The molecule has 32 heavy (non-hydrogen) atoms. The second kappa shape index (κ2) is 7.31. The Morgan fingerprint density at radius 3 is 2.88 bits per heavy atom. The highest BCUT2D eigenvalue weighted by molar-refractivity contribution is 6.01. The predicted molar refractivity (Wildman–Crippen MR) is 114 cm³/mol. The van der Waals surface area contributed by atoms with Gasteiger partial charge in [-0.15, -0.1) is 0 Å². The van der Waals surface area contributed by atoms with Gasteiger partial charge in [0, 0.05) is 26.3 Å². The molecule has 0 radical (unpaired) electrons. The molecule has 1 unspecified atom stereocenters. The van der Waals surface area contributed by atoms with Gasteiger partial charge in [-0.05, 0) is 55.2 Å². The molecule has 0 bridgehead atoms. The molecule has 1 heterocycles. The normalized spacial score (nSPS) is 58.8. The second-order valence-electron chi connectivity index (χ2n) is 10.2. The maximum absolute atomic E-state index is 13.5. The first-order valence-electron chi connectivity index (χ1n) is 15.0. The van der Waals surface area contributed by atoms with Gasteiger partial charge in [0.15, 0.2) is 23.4 Å². The first-order valence-corrected chi connectivity index (χ1v) is 11.0. The summed E-state index contributed by atoms with van der Waals surface area (Å²) in [7, 11) is 0. The Bertz CT molecular complexity index is 1200. The van der Waals surface area contributed by atoms with Crippen LogP contribution in [0, 0.1) is 28.6 Å². The Morgan fingerprint density at radius 1 is 1.38 bits per heavy atom. The molecule has 0 spiro atoms. The first-order chi connectivity index (χ1) is 18.1. The van der Waals surface area contributed by atoms with E-state index in [0.717, 1.165) is 0 Å². The Hall–Kier alpha value is -1.38. The van der Waals surface area contributed by atoms with E-state index in [4.69, 9.17) is 20.4 Å². The van der Waals surface area contributed by atoms with Gasteiger partial charge in [0.2, 0.25) is 0 Å². The number of hydrogen-bond acceptors (Lipinski definition) is 7. The van der Waals surface area contributed by atoms with Crippen molar-refractivity contribution >= 4 is 11.6 Å². The third-order valence-corrected chi connectivity index (χ3v) is 8.90. The highest BCUT2D eigenvalue weighted by Gasteiger charge is 2.76. The molecule has 0 aromatic carbocycles. The fourth-order valence-corrected chi connectivity index (χ4v) is 7.75. The van der Waals surface area contributed by atoms with Gasteiger partial charge in [-0.1, -0.05) is 33.1 Å². The highest BCUT2D eigenvalue weighted by Crippen LogP contribution is 2.69. The summed E-state index contributed by atoms with van der Waals surface area (Å²) in [6.45, 7) is -1.17. The number of Topliss-reactive ketones (excluding diaryl/α,β-unsaturated/α-hetero) is 1. The van der Waals surface area contributed by atoms with Crippen molar-refractivity contribution in [2.45, 2.75) is 82.9 Å². The van der Waals surface area contributed by atoms with Gasteiger partial charge in [-0.25, -0.2) is 0 Å². The molecular weight excluding hydrogens is 412 g/mol. The number of carbonyl (C=O) groups is 2. The number of ketones is 2. The number of rotatable bonds is 4. The Balaban J connectivity index is 1.60. The van der Waals surface area contributed by atoms with E-state index in [9.17, 15) is 24.9 Å². The van der Waals surface area contributed by atoms with E-state index in [1.807, 2.05) is 6.92 Å². The van der Waals surface area contributed by atoms with E-state index in [-0.39, 0.29) is 25.0 Å². The predicted octanol–water partition coefficient (Wildman–Crippen LogP) is 1.69. The van der Waals surface area contributed by atoms with Gasteiger partial charge in [0.05, 0.1) is 19.7 Å². The number of aliphatic hydroxyl groups excluding tert-OH is 3. The summed E-state index contributed by atoms with van der Waals surface area (Å²) >= 11 is 0. The van der Waals surface area contributed by atoms with Crippen LogP contribution in [0.3, 0.4) is 0 Å². The van der Waals surface area contributed by atoms with Crippen LogP contribution in [-0.2, 0) is 19.1 Å². The standard InChI is InChI=1S/C25H34O7/c1-4-5-21-31-20-10-15-14-9-17(28)16-8-13(27)6-7-23(16,2)22(14)18(29)11-24(15,3)25(20,32-21)19(30)12-26/h6-8,14-15,17-18,20-22,26,28-29H,4-5,9-12H2,1-3H3/t14-,15-,17+,18-,20+,21?,22+,23-,24-,25+/m0/s1/i1D3,4D2,5D2,21D. The summed E-state index contributed by atoms with van der Waals surface area (Å²) in [5, 5.41) is 32.8. The lowest BCUT2D eigenvalue weighted by Crippen LogP contribution is -2.64. The van der Waals surface area contributed by atoms with Crippen molar-refractivity contribution in [3.8, 4) is 0 Å². The van der Waals surface area contributed by atoms with Crippen LogP contribution in [0.15, 0.2) is 23.8 Å². The monoisotopic (exact) mass is 454 g/mol. The van der Waals surface area contributed by atoms with E-state index < -0.39 is 90.8 Å². The average molecular weight is 455 g/mol. The lowest BCUT2D eigenvalue weighted by Gasteiger charge is -2.60. The van der Waals surface area contributed by atoms with E-state index in [1.165, 1.54) is 12.2 Å². The maximum Gasteiger partial charge on any atom is 0.193 e. The fourth-order valence-electron chi connectivity index (χ4n) is 7.75. The number of aliphatic hydroxyl groups is 3. The second-order valence-corrected chi connectivity index (χ2v) is 10.2. The molecule has 5 aliphatic rings. The molecule has 7 nitrogen and oxygen atoms in total. The van der Waals surface area contributed by atoms with E-state index in [2.05, 4.69) is 0 Å². The summed E-state index contributed by atoms with van der Waals surface area (Å²) in [5.41, 5.74) is -3.98. The molecular formula is C25H34O7. The third-order valence-electron chi connectivity index (χ3n) is 8.90. The van der Waals surface area contributed by atoms with E-state index in [1.54, 1.807) is 13.0 Å². The number of carbonyl (C=O) groups excluding carboxylic acids is 2. The van der Waals surface area contributed by atoms with Crippen molar-refractivity contribution in [2.24, 2.45) is 28.6 Å². The van der Waals surface area contributed by atoms with Crippen LogP contribution in [-0.4, -0.2) is 63.7 Å². The summed E-state index contributed by atoms with van der Waals surface area (Å²) in [4.78, 5) is 25.6. The SMILES string of the molecule is [2H]C([2H])([2H])C([2H])([2H])C([2H])([2H])C1([2H])O[C@@H]2C[C@H]3[C@@H]4C[C@@H](O)C5=CC(=O)C=C[C@]5(C)[C@H]4[C@@H](O)C[C@]3(C)[C@]2(C(=O)CO)O1. The van der Waals surface area contributed by atoms with Crippen molar-refractivity contribution < 1.29 is 45.3 Å². The summed E-state index contributed by atoms with van der Waals surface area (Å²) in [6.07, 6.45) is -9.60. The first kappa shape index (κ1) is 14.8. The molecule has 4 fully saturated rings. The Labute approximate surface area is 199 Å². The number of allylic oxidation sites excluding steroid dienone is 3. The Morgan fingerprint density at radius 2 is 2.16 bits per heavy atom. The molecule has 10 atom stereocenters. The molecule has 4 aliphatic carbocycles. The molecule has 0 aromatic rings. The molecule has 5 rings (SSSR count). The lowest BCUT2D eigenvalue weighted by molar-refractivity contribution is -0.203. The average Bonchev–Trinajstić information content (AvgIpc) is 3.27. The molecule has 3 N–H and O–H groups in total. The van der Waals surface area contributed by atoms with Gasteiger partial charge in [-0.2, -0.15) is 0 Å². The van der Waals surface area contributed by atoms with Crippen LogP contribution in [0.1, 0.15) is 63.7 Å². The smallest absolute Gasteiger partial charge is 0.193 e. The van der Waals surface area contributed by atoms with Gasteiger partial charge in [0.1, 0.15) is 6.61 Å². The zero-order valence-corrected chi connectivity index (χ0v) is 18.0. The number of fused-ring (bicyclic) bond motifs is 7. The summed E-state index contributed by atoms with van der Waals surface area (Å²) < 4.78 is 75.8. The largest absolute Gasteiger partial charge is 0.393 e. The topological polar surface area (TPSA) is 113 Å². The van der Waals surface area contributed by atoms with E-state index >= 15 is 0 Å². The molecule has 7 heteroatoms. The third kappa shape index (κ3) is 2.66. The molecule has 0 aromatic heterocycles. The van der Waals surface area contributed by atoms with Crippen molar-refractivity contribution in [1.82, 2.24) is 0 Å². The summed E-state index contributed by atoms with van der Waals surface area (Å²) in [6, 6.07) is 0. The van der Waals surface area contributed by atoms with Crippen LogP contribution in [0.5, 0.6) is 0 Å². The van der Waals surface area contributed by atoms with Crippen molar-refractivity contribution in [2.75, 3.05) is 6.61 Å². The zero-order valence-electron chi connectivity index (χ0n) is 26.0. The van der Waals surface area contributed by atoms with Crippen LogP contribution in [0.25, 0.3) is 0 Å². The van der Waals surface area contributed by atoms with Gasteiger partial charge in [0.25, 0.3) is 0 Å². The fraction of sp³-hybridized carbons (Fsp3) is 0.760. The molecule has 3 saturated carbocycles. The zero-order chi connectivity index (χ0) is 30.1. The minimum Gasteiger partial charge on any atom is -0.393 e. The number of ether oxygens (including phenoxy) is 2. The molecule has 176 valence electrons. The van der Waals surface area contributed by atoms with Gasteiger partial charge < -0.3 is 24.8 Å². The lowest BCUT2D eigenvalue weighted by atomic mass is 9.45. The summed E-state index contributed by atoms with van der Waals surface area (Å²) in [5.74, 6) is -2.67. The minimum absolute atomic E-state index is 0.0197. The van der Waals surface area contributed by atoms with Crippen molar-refractivity contribution in [1.29, 1.82) is 0 Å². The van der Waals surface area contributed by atoms with Gasteiger partial charge >= 0.3 is 0 Å². The Kier molecular flexibility index (Phi) is 3.38. The molecule has 0 amide bonds. The van der Waals surface area contributed by atoms with Crippen LogP contribution in [0.2, 0.25) is 0 Å². The van der Waals surface area contributed by atoms with Crippen molar-refractivity contribution in [3.63, 3.8) is 0 Å². The van der Waals surface area contributed by atoms with Gasteiger partial charge in [-0.3, -0.25) is 9.59 Å². The highest BCUT2D eigenvalue weighted by atomic mass is 16.7. The maximum atomic E-state index is 13.5.